The lowest BCUT2D eigenvalue weighted by molar-refractivity contribution is 0.882. The van der Waals surface area contributed by atoms with E-state index in [1.807, 2.05) is 53.2 Å². The summed E-state index contributed by atoms with van der Waals surface area (Å²) >= 11 is 12.1. The first kappa shape index (κ1) is 13.7. The summed E-state index contributed by atoms with van der Waals surface area (Å²) in [4.78, 5) is 0. The number of nitrogens with zero attached hydrogens (tertiary/aromatic N) is 2. The van der Waals surface area contributed by atoms with Crippen molar-refractivity contribution in [1.82, 2.24) is 9.78 Å². The van der Waals surface area contributed by atoms with Crippen LogP contribution in [-0.4, -0.2) is 16.3 Å². The minimum absolute atomic E-state index is 0.702. The van der Waals surface area contributed by atoms with E-state index in [1.165, 1.54) is 5.56 Å². The van der Waals surface area contributed by atoms with Gasteiger partial charge < -0.3 is 5.32 Å². The minimum Gasteiger partial charge on any atom is -0.369 e. The van der Waals surface area contributed by atoms with Crippen LogP contribution in [0.5, 0.6) is 0 Å². The van der Waals surface area contributed by atoms with Crippen LogP contribution in [0.25, 0.3) is 16.9 Å². The Labute approximate surface area is 138 Å². The lowest BCUT2D eigenvalue weighted by atomic mass is 10.1. The van der Waals surface area contributed by atoms with Crippen LogP contribution in [0.15, 0.2) is 48.5 Å². The van der Waals surface area contributed by atoms with Gasteiger partial charge >= 0.3 is 0 Å². The molecule has 0 saturated heterocycles. The second-order valence-electron chi connectivity index (χ2n) is 5.25. The molecule has 22 heavy (non-hydrogen) atoms. The van der Waals surface area contributed by atoms with E-state index in [2.05, 4.69) is 5.32 Å². The van der Waals surface area contributed by atoms with Crippen LogP contribution in [0.4, 0.5) is 5.82 Å². The molecule has 0 fully saturated rings. The fraction of sp³-hybridized carbons (Fsp3) is 0.118. The Hall–Kier alpha value is -1.97. The van der Waals surface area contributed by atoms with E-state index in [0.29, 0.717) is 5.02 Å². The van der Waals surface area contributed by atoms with Gasteiger partial charge in [0.1, 0.15) is 5.82 Å². The molecule has 5 heteroatoms. The van der Waals surface area contributed by atoms with Crippen molar-refractivity contribution in [2.75, 3.05) is 11.9 Å². The maximum Gasteiger partial charge on any atom is 0.133 e. The fourth-order valence-electron chi connectivity index (χ4n) is 2.81. The molecule has 1 aliphatic rings. The molecule has 0 amide bonds. The molecule has 3 nitrogen and oxygen atoms in total. The van der Waals surface area contributed by atoms with Gasteiger partial charge in [-0.2, -0.15) is 5.10 Å². The van der Waals surface area contributed by atoms with Gasteiger partial charge in [-0.15, -0.1) is 0 Å². The summed E-state index contributed by atoms with van der Waals surface area (Å²) in [5.41, 5.74) is 4.27. The predicted octanol–water partition coefficient (Wildman–Crippen LogP) is 4.81. The number of benzene rings is 2. The smallest absolute Gasteiger partial charge is 0.133 e. The number of anilines is 1. The van der Waals surface area contributed by atoms with E-state index in [0.717, 1.165) is 40.8 Å². The molecule has 110 valence electrons. The topological polar surface area (TPSA) is 29.9 Å². The summed E-state index contributed by atoms with van der Waals surface area (Å²) in [6.45, 7) is 0.925. The molecule has 0 saturated carbocycles. The van der Waals surface area contributed by atoms with Gasteiger partial charge in [-0.1, -0.05) is 41.4 Å². The van der Waals surface area contributed by atoms with Crippen LogP contribution in [0, 0.1) is 0 Å². The highest BCUT2D eigenvalue weighted by atomic mass is 35.5. The molecule has 1 N–H and O–H groups in total. The number of hydrogen-bond donors (Lipinski definition) is 1. The van der Waals surface area contributed by atoms with Gasteiger partial charge in [-0.25, -0.2) is 4.68 Å². The lowest BCUT2D eigenvalue weighted by Gasteiger charge is -2.06. The van der Waals surface area contributed by atoms with Crippen molar-refractivity contribution in [1.29, 1.82) is 0 Å². The minimum atomic E-state index is 0.702. The summed E-state index contributed by atoms with van der Waals surface area (Å²) in [5, 5.41) is 9.65. The molecule has 0 aliphatic carbocycles. The van der Waals surface area contributed by atoms with Gasteiger partial charge in [0, 0.05) is 27.7 Å². The largest absolute Gasteiger partial charge is 0.369 e. The second-order valence-corrected chi connectivity index (χ2v) is 6.12. The van der Waals surface area contributed by atoms with E-state index in [9.17, 15) is 0 Å². The average molecular weight is 330 g/mol. The van der Waals surface area contributed by atoms with Crippen LogP contribution >= 0.6 is 23.2 Å². The molecule has 0 spiro atoms. The molecule has 0 radical (unpaired) electrons. The zero-order chi connectivity index (χ0) is 15.1. The summed E-state index contributed by atoms with van der Waals surface area (Å²) in [6, 6.07) is 15.5. The van der Waals surface area contributed by atoms with Crippen molar-refractivity contribution >= 4 is 29.0 Å². The van der Waals surface area contributed by atoms with Crippen molar-refractivity contribution in [3.8, 4) is 16.9 Å². The number of halogens is 2. The monoisotopic (exact) mass is 329 g/mol. The molecule has 0 atom stereocenters. The van der Waals surface area contributed by atoms with Crippen LogP contribution in [-0.2, 0) is 6.42 Å². The zero-order valence-electron chi connectivity index (χ0n) is 11.7. The molecule has 0 bridgehead atoms. The number of rotatable bonds is 2. The van der Waals surface area contributed by atoms with E-state index < -0.39 is 0 Å². The van der Waals surface area contributed by atoms with Gasteiger partial charge in [-0.3, -0.25) is 0 Å². The number of hydrogen-bond acceptors (Lipinski definition) is 2. The molecular formula is C17H13Cl2N3. The third-order valence-electron chi connectivity index (χ3n) is 3.82. The van der Waals surface area contributed by atoms with Gasteiger partial charge in [0.25, 0.3) is 0 Å². The Morgan fingerprint density at radius 1 is 1.00 bits per heavy atom. The Balaban J connectivity index is 1.88. The first-order valence-corrected chi connectivity index (χ1v) is 7.85. The highest BCUT2D eigenvalue weighted by molar-refractivity contribution is 6.31. The standard InChI is InChI=1S/C17H13Cl2N3/c18-12-6-4-11(5-7-12)16-15-8-9-20-17(15)22(21-16)14-3-1-2-13(19)10-14/h1-7,10,20H,8-9H2. The van der Waals surface area contributed by atoms with Gasteiger partial charge in [0.15, 0.2) is 0 Å². The summed E-state index contributed by atoms with van der Waals surface area (Å²) < 4.78 is 1.93. The lowest BCUT2D eigenvalue weighted by Crippen LogP contribution is -2.04. The quantitative estimate of drug-likeness (QED) is 0.730. The maximum absolute atomic E-state index is 6.11. The van der Waals surface area contributed by atoms with Crippen molar-refractivity contribution < 1.29 is 0 Å². The summed E-state index contributed by atoms with van der Waals surface area (Å²) in [6.07, 6.45) is 0.966. The van der Waals surface area contributed by atoms with Crippen molar-refractivity contribution in [2.24, 2.45) is 0 Å². The third kappa shape index (κ3) is 2.27. The van der Waals surface area contributed by atoms with E-state index in [-0.39, 0.29) is 0 Å². The Kier molecular flexibility index (Phi) is 3.32. The average Bonchev–Trinajstić information content (AvgIpc) is 3.10. The highest BCUT2D eigenvalue weighted by Crippen LogP contribution is 2.35. The van der Waals surface area contributed by atoms with Crippen LogP contribution in [0.2, 0.25) is 10.0 Å². The van der Waals surface area contributed by atoms with Crippen LogP contribution in [0.1, 0.15) is 5.56 Å². The van der Waals surface area contributed by atoms with Crippen LogP contribution in [0.3, 0.4) is 0 Å². The van der Waals surface area contributed by atoms with Crippen LogP contribution < -0.4 is 5.32 Å². The predicted molar refractivity (Wildman–Crippen MR) is 91.2 cm³/mol. The summed E-state index contributed by atoms with van der Waals surface area (Å²) in [5.74, 6) is 1.05. The zero-order valence-corrected chi connectivity index (χ0v) is 13.2. The van der Waals surface area contributed by atoms with Gasteiger partial charge in [-0.05, 0) is 36.8 Å². The molecule has 3 aromatic rings. The van der Waals surface area contributed by atoms with E-state index >= 15 is 0 Å². The number of fused-ring (bicyclic) bond motifs is 1. The molecule has 1 aromatic heterocycles. The second kappa shape index (κ2) is 5.34. The Morgan fingerprint density at radius 2 is 1.82 bits per heavy atom. The summed E-state index contributed by atoms with van der Waals surface area (Å²) in [7, 11) is 0. The Morgan fingerprint density at radius 3 is 2.59 bits per heavy atom. The first-order chi connectivity index (χ1) is 10.7. The maximum atomic E-state index is 6.11. The van der Waals surface area contributed by atoms with E-state index in [1.54, 1.807) is 0 Å². The fourth-order valence-corrected chi connectivity index (χ4v) is 3.12. The van der Waals surface area contributed by atoms with Crippen molar-refractivity contribution in [2.45, 2.75) is 6.42 Å². The van der Waals surface area contributed by atoms with Gasteiger partial charge in [0.2, 0.25) is 0 Å². The SMILES string of the molecule is Clc1ccc(-c2nn(-c3cccc(Cl)c3)c3c2CCN3)cc1. The Bertz CT molecular complexity index is 838. The highest BCUT2D eigenvalue weighted by Gasteiger charge is 2.23. The number of aromatic nitrogens is 2. The first-order valence-electron chi connectivity index (χ1n) is 7.10. The molecule has 0 unspecified atom stereocenters. The number of nitrogens with one attached hydrogen (secondary N) is 1. The molecule has 1 aliphatic heterocycles. The molecule has 4 rings (SSSR count). The van der Waals surface area contributed by atoms with Gasteiger partial charge in [0.05, 0.1) is 11.4 Å². The van der Waals surface area contributed by atoms with Crippen molar-refractivity contribution in [3.05, 3.63) is 64.1 Å². The molecule has 2 aromatic carbocycles. The molecule has 2 heterocycles. The van der Waals surface area contributed by atoms with Crippen molar-refractivity contribution in [3.63, 3.8) is 0 Å². The molecular weight excluding hydrogens is 317 g/mol. The third-order valence-corrected chi connectivity index (χ3v) is 4.31. The van der Waals surface area contributed by atoms with E-state index in [4.69, 9.17) is 28.3 Å². The normalized spacial score (nSPS) is 13.0.